The van der Waals surface area contributed by atoms with Crippen molar-refractivity contribution in [1.29, 1.82) is 0 Å². The molecular formula is C13H7F4NO3. The predicted molar refractivity (Wildman–Crippen MR) is 62.7 cm³/mol. The third-order valence-electron chi connectivity index (χ3n) is 2.44. The van der Waals surface area contributed by atoms with Crippen molar-refractivity contribution in [2.24, 2.45) is 0 Å². The number of aromatic nitrogens is 1. The maximum atomic E-state index is 13.1. The lowest BCUT2D eigenvalue weighted by molar-refractivity contribution is -0.140. The van der Waals surface area contributed by atoms with Crippen LogP contribution in [0.15, 0.2) is 36.5 Å². The van der Waals surface area contributed by atoms with Gasteiger partial charge in [0, 0.05) is 6.20 Å². The molecule has 0 spiro atoms. The molecule has 2 aromatic rings. The van der Waals surface area contributed by atoms with Crippen molar-refractivity contribution in [1.82, 2.24) is 4.98 Å². The lowest BCUT2D eigenvalue weighted by Crippen LogP contribution is -2.08. The largest absolute Gasteiger partial charge is 0.476 e. The second kappa shape index (κ2) is 5.39. The Bertz CT molecular complexity index is 685. The van der Waals surface area contributed by atoms with Gasteiger partial charge in [-0.3, -0.25) is 0 Å². The zero-order chi connectivity index (χ0) is 15.6. The third kappa shape index (κ3) is 3.28. The second-order valence-electron chi connectivity index (χ2n) is 3.90. The lowest BCUT2D eigenvalue weighted by Gasteiger charge is -2.11. The summed E-state index contributed by atoms with van der Waals surface area (Å²) < 4.78 is 55.9. The molecule has 0 unspecified atom stereocenters. The van der Waals surface area contributed by atoms with E-state index in [4.69, 9.17) is 9.84 Å². The van der Waals surface area contributed by atoms with Crippen LogP contribution in [0.25, 0.3) is 0 Å². The van der Waals surface area contributed by atoms with Gasteiger partial charge < -0.3 is 9.84 Å². The van der Waals surface area contributed by atoms with Crippen LogP contribution in [0.5, 0.6) is 11.5 Å². The van der Waals surface area contributed by atoms with Gasteiger partial charge in [0.2, 0.25) is 0 Å². The molecule has 0 atom stereocenters. The van der Waals surface area contributed by atoms with E-state index in [9.17, 15) is 22.4 Å². The summed E-state index contributed by atoms with van der Waals surface area (Å²) in [5, 5.41) is 8.89. The molecule has 1 aromatic heterocycles. The van der Waals surface area contributed by atoms with Gasteiger partial charge in [0.05, 0.1) is 5.56 Å². The highest BCUT2D eigenvalue weighted by Crippen LogP contribution is 2.35. The van der Waals surface area contributed by atoms with E-state index < -0.39 is 29.2 Å². The number of halogens is 4. The number of carbonyl (C=O) groups is 1. The molecule has 4 nitrogen and oxygen atoms in total. The molecule has 0 amide bonds. The molecule has 1 N–H and O–H groups in total. The maximum absolute atomic E-state index is 13.1. The summed E-state index contributed by atoms with van der Waals surface area (Å²) in [7, 11) is 0. The molecule has 0 radical (unpaired) electrons. The summed E-state index contributed by atoms with van der Waals surface area (Å²) >= 11 is 0. The van der Waals surface area contributed by atoms with Gasteiger partial charge in [-0.05, 0) is 30.3 Å². The van der Waals surface area contributed by atoms with Crippen LogP contribution in [0.3, 0.4) is 0 Å². The van der Waals surface area contributed by atoms with E-state index in [-0.39, 0.29) is 11.5 Å². The summed E-state index contributed by atoms with van der Waals surface area (Å²) in [6, 6.07) is 4.59. The summed E-state index contributed by atoms with van der Waals surface area (Å²) in [5.41, 5.74) is -1.96. The molecule has 1 heterocycles. The zero-order valence-electron chi connectivity index (χ0n) is 10.2. The minimum Gasteiger partial charge on any atom is -0.476 e. The van der Waals surface area contributed by atoms with E-state index in [2.05, 4.69) is 4.98 Å². The standard InChI is InChI=1S/C13H7F4NO3/c14-9-4-3-7(6-8(9)13(15,16)17)21-10-2-1-5-18-11(10)12(19)20/h1-6H,(H,19,20). The van der Waals surface area contributed by atoms with E-state index >= 15 is 0 Å². The van der Waals surface area contributed by atoms with Gasteiger partial charge in [-0.2, -0.15) is 13.2 Å². The SMILES string of the molecule is O=C(O)c1ncccc1Oc1ccc(F)c(C(F)(F)F)c1. The fourth-order valence-electron chi connectivity index (χ4n) is 1.55. The number of carboxylic acid groups (broad SMARTS) is 1. The summed E-state index contributed by atoms with van der Waals surface area (Å²) in [6.45, 7) is 0. The van der Waals surface area contributed by atoms with Crippen molar-refractivity contribution in [3.05, 3.63) is 53.6 Å². The van der Waals surface area contributed by atoms with Crippen LogP contribution >= 0.6 is 0 Å². The lowest BCUT2D eigenvalue weighted by atomic mass is 10.2. The van der Waals surface area contributed by atoms with Crippen molar-refractivity contribution in [3.8, 4) is 11.5 Å². The molecule has 0 aliphatic carbocycles. The van der Waals surface area contributed by atoms with Crippen molar-refractivity contribution in [3.63, 3.8) is 0 Å². The first-order valence-corrected chi connectivity index (χ1v) is 5.52. The highest BCUT2D eigenvalue weighted by Gasteiger charge is 2.34. The summed E-state index contributed by atoms with van der Waals surface area (Å²) in [6.07, 6.45) is -3.68. The van der Waals surface area contributed by atoms with E-state index in [1.807, 2.05) is 0 Å². The molecule has 2 rings (SSSR count). The molecule has 0 aliphatic heterocycles. The highest BCUT2D eigenvalue weighted by molar-refractivity contribution is 5.88. The first-order chi connectivity index (χ1) is 9.79. The quantitative estimate of drug-likeness (QED) is 0.878. The number of pyridine rings is 1. The molecular weight excluding hydrogens is 294 g/mol. The Morgan fingerprint density at radius 3 is 2.57 bits per heavy atom. The van der Waals surface area contributed by atoms with Crippen LogP contribution in [0, 0.1) is 5.82 Å². The van der Waals surface area contributed by atoms with Gasteiger partial charge >= 0.3 is 12.1 Å². The second-order valence-corrected chi connectivity index (χ2v) is 3.90. The number of alkyl halides is 3. The van der Waals surface area contributed by atoms with Crippen LogP contribution < -0.4 is 4.74 Å². The van der Waals surface area contributed by atoms with Crippen molar-refractivity contribution >= 4 is 5.97 Å². The Morgan fingerprint density at radius 1 is 1.24 bits per heavy atom. The number of hydrogen-bond acceptors (Lipinski definition) is 3. The molecule has 0 bridgehead atoms. The third-order valence-corrected chi connectivity index (χ3v) is 2.44. The average molecular weight is 301 g/mol. The van der Waals surface area contributed by atoms with E-state index in [1.165, 1.54) is 18.3 Å². The van der Waals surface area contributed by atoms with Crippen LogP contribution in [-0.2, 0) is 6.18 Å². The Balaban J connectivity index is 2.40. The van der Waals surface area contributed by atoms with E-state index in [1.54, 1.807) is 0 Å². The first kappa shape index (κ1) is 14.8. The number of carboxylic acids is 1. The van der Waals surface area contributed by atoms with Crippen molar-refractivity contribution < 1.29 is 32.2 Å². The number of ether oxygens (including phenoxy) is 1. The Hall–Kier alpha value is -2.64. The molecule has 110 valence electrons. The minimum absolute atomic E-state index is 0.246. The Morgan fingerprint density at radius 2 is 1.95 bits per heavy atom. The van der Waals surface area contributed by atoms with E-state index in [0.29, 0.717) is 12.1 Å². The molecule has 1 aromatic carbocycles. The van der Waals surface area contributed by atoms with Crippen LogP contribution in [-0.4, -0.2) is 16.1 Å². The Labute approximate surface area is 115 Å². The average Bonchev–Trinajstić information content (AvgIpc) is 2.40. The highest BCUT2D eigenvalue weighted by atomic mass is 19.4. The molecule has 0 fully saturated rings. The van der Waals surface area contributed by atoms with Crippen molar-refractivity contribution in [2.45, 2.75) is 6.18 Å². The number of aromatic carboxylic acids is 1. The van der Waals surface area contributed by atoms with E-state index in [0.717, 1.165) is 6.07 Å². The topological polar surface area (TPSA) is 59.4 Å². The molecule has 0 saturated heterocycles. The van der Waals surface area contributed by atoms with Gasteiger partial charge in [0.1, 0.15) is 11.6 Å². The molecule has 21 heavy (non-hydrogen) atoms. The maximum Gasteiger partial charge on any atom is 0.419 e. The number of benzene rings is 1. The van der Waals surface area contributed by atoms with Gasteiger partial charge in [0.25, 0.3) is 0 Å². The molecule has 8 heteroatoms. The zero-order valence-corrected chi connectivity index (χ0v) is 10.2. The molecule has 0 saturated carbocycles. The van der Waals surface area contributed by atoms with Crippen LogP contribution in [0.1, 0.15) is 16.1 Å². The van der Waals surface area contributed by atoms with Crippen LogP contribution in [0.2, 0.25) is 0 Å². The number of nitrogens with zero attached hydrogens (tertiary/aromatic N) is 1. The smallest absolute Gasteiger partial charge is 0.419 e. The predicted octanol–water partition coefficient (Wildman–Crippen LogP) is 3.73. The summed E-state index contributed by atoms with van der Waals surface area (Å²) in [4.78, 5) is 14.5. The van der Waals surface area contributed by atoms with Crippen LogP contribution in [0.4, 0.5) is 17.6 Å². The van der Waals surface area contributed by atoms with Gasteiger partial charge in [-0.15, -0.1) is 0 Å². The normalized spacial score (nSPS) is 11.2. The summed E-state index contributed by atoms with van der Waals surface area (Å²) in [5.74, 6) is -3.44. The molecule has 0 aliphatic rings. The van der Waals surface area contributed by atoms with Gasteiger partial charge in [-0.25, -0.2) is 14.2 Å². The fraction of sp³-hybridized carbons (Fsp3) is 0.0769. The van der Waals surface area contributed by atoms with Crippen molar-refractivity contribution in [2.75, 3.05) is 0 Å². The van der Waals surface area contributed by atoms with Gasteiger partial charge in [0.15, 0.2) is 11.4 Å². The monoisotopic (exact) mass is 301 g/mol. The fourth-order valence-corrected chi connectivity index (χ4v) is 1.55. The minimum atomic E-state index is -4.88. The number of hydrogen-bond donors (Lipinski definition) is 1. The number of rotatable bonds is 3. The Kier molecular flexibility index (Phi) is 3.79. The van der Waals surface area contributed by atoms with Gasteiger partial charge in [-0.1, -0.05) is 0 Å². The first-order valence-electron chi connectivity index (χ1n) is 5.52.